The summed E-state index contributed by atoms with van der Waals surface area (Å²) in [6, 6.07) is 3.60. The summed E-state index contributed by atoms with van der Waals surface area (Å²) in [6.45, 7) is 7.75. The van der Waals surface area contributed by atoms with Crippen molar-refractivity contribution in [1.82, 2.24) is 0 Å². The lowest BCUT2D eigenvalue weighted by Gasteiger charge is -2.14. The molecule has 1 unspecified atom stereocenters. The first kappa shape index (κ1) is 15.2. The Kier molecular flexibility index (Phi) is 5.10. The lowest BCUT2D eigenvalue weighted by Crippen LogP contribution is -2.23. The molecule has 4 nitrogen and oxygen atoms in total. The summed E-state index contributed by atoms with van der Waals surface area (Å²) in [5.41, 5.74) is 2.22. The first-order valence-electron chi connectivity index (χ1n) is 6.28. The first-order chi connectivity index (χ1) is 8.92. The van der Waals surface area contributed by atoms with Crippen molar-refractivity contribution in [3.63, 3.8) is 0 Å². The standard InChI is InChI=1S/C15H20O4/c1-6-19-13-8-9(2)12(7-10(13)3)14(16)11(4)15(17)18-5/h7-8,11H,6H2,1-5H3. The molecule has 1 aromatic rings. The van der Waals surface area contributed by atoms with E-state index in [1.54, 1.807) is 13.0 Å². The van der Waals surface area contributed by atoms with Gasteiger partial charge in [-0.2, -0.15) is 0 Å². The molecule has 0 fully saturated rings. The van der Waals surface area contributed by atoms with Gasteiger partial charge in [-0.25, -0.2) is 0 Å². The largest absolute Gasteiger partial charge is 0.494 e. The summed E-state index contributed by atoms with van der Waals surface area (Å²) < 4.78 is 10.1. The Balaban J connectivity index is 3.11. The van der Waals surface area contributed by atoms with E-state index in [2.05, 4.69) is 4.74 Å². The van der Waals surface area contributed by atoms with E-state index in [0.717, 1.165) is 16.9 Å². The van der Waals surface area contributed by atoms with Gasteiger partial charge in [-0.05, 0) is 51.0 Å². The van der Waals surface area contributed by atoms with Crippen LogP contribution in [0.4, 0.5) is 0 Å². The van der Waals surface area contributed by atoms with Crippen LogP contribution in [0.15, 0.2) is 12.1 Å². The summed E-state index contributed by atoms with van der Waals surface area (Å²) in [5, 5.41) is 0. The Morgan fingerprint density at radius 2 is 1.84 bits per heavy atom. The molecule has 0 radical (unpaired) electrons. The van der Waals surface area contributed by atoms with E-state index in [1.807, 2.05) is 26.8 Å². The molecule has 1 atom stereocenters. The number of Topliss-reactive ketones (excluding diaryl/α,β-unsaturated/α-hetero) is 1. The van der Waals surface area contributed by atoms with Crippen molar-refractivity contribution in [2.24, 2.45) is 5.92 Å². The van der Waals surface area contributed by atoms with Crippen LogP contribution in [0.2, 0.25) is 0 Å². The molecule has 0 aliphatic rings. The van der Waals surface area contributed by atoms with Gasteiger partial charge in [0.25, 0.3) is 0 Å². The SMILES string of the molecule is CCOc1cc(C)c(C(=O)C(C)C(=O)OC)cc1C. The Bertz CT molecular complexity index is 491. The van der Waals surface area contributed by atoms with Crippen molar-refractivity contribution in [2.75, 3.05) is 13.7 Å². The van der Waals surface area contributed by atoms with Crippen LogP contribution in [0.25, 0.3) is 0 Å². The smallest absolute Gasteiger partial charge is 0.316 e. The number of benzene rings is 1. The van der Waals surface area contributed by atoms with Crippen molar-refractivity contribution < 1.29 is 19.1 Å². The fourth-order valence-corrected chi connectivity index (χ4v) is 1.88. The van der Waals surface area contributed by atoms with Gasteiger partial charge >= 0.3 is 5.97 Å². The van der Waals surface area contributed by atoms with E-state index in [9.17, 15) is 9.59 Å². The quantitative estimate of drug-likeness (QED) is 0.466. The second-order valence-electron chi connectivity index (χ2n) is 4.47. The van der Waals surface area contributed by atoms with Crippen LogP contribution in [0.5, 0.6) is 5.75 Å². The molecular formula is C15H20O4. The Morgan fingerprint density at radius 1 is 1.21 bits per heavy atom. The average Bonchev–Trinajstić information content (AvgIpc) is 2.40. The lowest BCUT2D eigenvalue weighted by atomic mass is 9.94. The zero-order chi connectivity index (χ0) is 14.6. The third kappa shape index (κ3) is 3.34. The van der Waals surface area contributed by atoms with Crippen LogP contribution in [0, 0.1) is 19.8 Å². The average molecular weight is 264 g/mol. The van der Waals surface area contributed by atoms with Crippen molar-refractivity contribution in [3.05, 3.63) is 28.8 Å². The van der Waals surface area contributed by atoms with Crippen LogP contribution in [-0.4, -0.2) is 25.5 Å². The lowest BCUT2D eigenvalue weighted by molar-refractivity contribution is -0.143. The van der Waals surface area contributed by atoms with Crippen LogP contribution >= 0.6 is 0 Å². The van der Waals surface area contributed by atoms with E-state index in [1.165, 1.54) is 7.11 Å². The number of methoxy groups -OCH3 is 1. The van der Waals surface area contributed by atoms with Gasteiger partial charge < -0.3 is 9.47 Å². The maximum Gasteiger partial charge on any atom is 0.316 e. The number of hydrogen-bond acceptors (Lipinski definition) is 4. The van der Waals surface area contributed by atoms with Gasteiger partial charge in [0.2, 0.25) is 0 Å². The molecule has 104 valence electrons. The molecule has 1 rings (SSSR count). The Labute approximate surface area is 113 Å². The number of esters is 1. The molecular weight excluding hydrogens is 244 g/mol. The van der Waals surface area contributed by atoms with Gasteiger partial charge in [0, 0.05) is 5.56 Å². The predicted molar refractivity (Wildman–Crippen MR) is 72.6 cm³/mol. The summed E-state index contributed by atoms with van der Waals surface area (Å²) in [6.07, 6.45) is 0. The van der Waals surface area contributed by atoms with Gasteiger partial charge in [-0.3, -0.25) is 9.59 Å². The second-order valence-corrected chi connectivity index (χ2v) is 4.47. The molecule has 19 heavy (non-hydrogen) atoms. The number of ketones is 1. The summed E-state index contributed by atoms with van der Waals surface area (Å²) in [5.74, 6) is -0.769. The van der Waals surface area contributed by atoms with Gasteiger partial charge in [0.1, 0.15) is 11.7 Å². The first-order valence-corrected chi connectivity index (χ1v) is 6.28. The second kappa shape index (κ2) is 6.36. The fourth-order valence-electron chi connectivity index (χ4n) is 1.88. The highest BCUT2D eigenvalue weighted by atomic mass is 16.5. The van der Waals surface area contributed by atoms with Gasteiger partial charge in [0.15, 0.2) is 5.78 Å². The number of carbonyl (C=O) groups is 2. The van der Waals surface area contributed by atoms with E-state index in [4.69, 9.17) is 4.74 Å². The number of carbonyl (C=O) groups excluding carboxylic acids is 2. The third-order valence-electron chi connectivity index (χ3n) is 3.04. The summed E-state index contributed by atoms with van der Waals surface area (Å²) >= 11 is 0. The molecule has 1 aromatic carbocycles. The van der Waals surface area contributed by atoms with Gasteiger partial charge in [-0.1, -0.05) is 0 Å². The molecule has 0 saturated carbocycles. The molecule has 0 amide bonds. The van der Waals surface area contributed by atoms with Gasteiger partial charge in [-0.15, -0.1) is 0 Å². The number of aryl methyl sites for hydroxylation is 2. The van der Waals surface area contributed by atoms with Crippen molar-refractivity contribution in [2.45, 2.75) is 27.7 Å². The highest BCUT2D eigenvalue weighted by Gasteiger charge is 2.25. The minimum Gasteiger partial charge on any atom is -0.494 e. The van der Waals surface area contributed by atoms with E-state index >= 15 is 0 Å². The monoisotopic (exact) mass is 264 g/mol. The van der Waals surface area contributed by atoms with Crippen molar-refractivity contribution >= 4 is 11.8 Å². The zero-order valence-corrected chi connectivity index (χ0v) is 12.1. The highest BCUT2D eigenvalue weighted by molar-refractivity contribution is 6.09. The van der Waals surface area contributed by atoms with Crippen molar-refractivity contribution in [3.8, 4) is 5.75 Å². The molecule has 0 aliphatic heterocycles. The molecule has 4 heteroatoms. The van der Waals surface area contributed by atoms with Crippen molar-refractivity contribution in [1.29, 1.82) is 0 Å². The van der Waals surface area contributed by atoms with Gasteiger partial charge in [0.05, 0.1) is 13.7 Å². The minimum atomic E-state index is -0.791. The molecule has 0 spiro atoms. The summed E-state index contributed by atoms with van der Waals surface area (Å²) in [4.78, 5) is 23.7. The molecule has 0 aliphatic carbocycles. The summed E-state index contributed by atoms with van der Waals surface area (Å²) in [7, 11) is 1.28. The molecule has 0 heterocycles. The predicted octanol–water partition coefficient (Wildman–Crippen LogP) is 2.69. The molecule has 0 saturated heterocycles. The van der Waals surface area contributed by atoms with E-state index in [0.29, 0.717) is 12.2 Å². The minimum absolute atomic E-state index is 0.226. The van der Waals surface area contributed by atoms with E-state index < -0.39 is 11.9 Å². The number of rotatable bonds is 5. The zero-order valence-electron chi connectivity index (χ0n) is 12.1. The Morgan fingerprint density at radius 3 is 2.37 bits per heavy atom. The molecule has 0 aromatic heterocycles. The topological polar surface area (TPSA) is 52.6 Å². The molecule has 0 N–H and O–H groups in total. The Hall–Kier alpha value is -1.84. The molecule has 0 bridgehead atoms. The van der Waals surface area contributed by atoms with Crippen LogP contribution in [0.1, 0.15) is 35.3 Å². The number of hydrogen-bond donors (Lipinski definition) is 0. The highest BCUT2D eigenvalue weighted by Crippen LogP contribution is 2.25. The van der Waals surface area contributed by atoms with Crippen LogP contribution in [0.3, 0.4) is 0 Å². The van der Waals surface area contributed by atoms with Crippen LogP contribution < -0.4 is 4.74 Å². The third-order valence-corrected chi connectivity index (χ3v) is 3.04. The maximum absolute atomic E-state index is 12.2. The van der Waals surface area contributed by atoms with E-state index in [-0.39, 0.29) is 5.78 Å². The maximum atomic E-state index is 12.2. The number of ether oxygens (including phenoxy) is 2. The van der Waals surface area contributed by atoms with Crippen LogP contribution in [-0.2, 0) is 9.53 Å². The normalized spacial score (nSPS) is 11.8. The fraction of sp³-hybridized carbons (Fsp3) is 0.467.